The van der Waals surface area contributed by atoms with E-state index in [1.54, 1.807) is 18.9 Å². The molecule has 0 spiro atoms. The van der Waals surface area contributed by atoms with Crippen LogP contribution in [-0.4, -0.2) is 30.3 Å². The van der Waals surface area contributed by atoms with Gasteiger partial charge in [0.2, 0.25) is 5.91 Å². The Balaban J connectivity index is 1.51. The third-order valence-electron chi connectivity index (χ3n) is 4.81. The summed E-state index contributed by atoms with van der Waals surface area (Å²) in [6.07, 6.45) is -4.64. The molecule has 5 nitrogen and oxygen atoms in total. The van der Waals surface area contributed by atoms with Crippen LogP contribution in [-0.2, 0) is 4.79 Å². The van der Waals surface area contributed by atoms with Gasteiger partial charge >= 0.3 is 6.36 Å². The van der Waals surface area contributed by atoms with Crippen molar-refractivity contribution >= 4 is 34.8 Å². The Bertz CT molecular complexity index is 1160. The van der Waals surface area contributed by atoms with E-state index in [0.717, 1.165) is 39.7 Å². The number of anilines is 1. The number of carbonyl (C=O) groups excluding carboxylic acids is 1. The van der Waals surface area contributed by atoms with Crippen LogP contribution in [0.4, 0.5) is 24.5 Å². The summed E-state index contributed by atoms with van der Waals surface area (Å²) in [6, 6.07) is 20.2. The van der Waals surface area contributed by atoms with E-state index in [0.29, 0.717) is 5.69 Å². The van der Waals surface area contributed by atoms with E-state index in [1.807, 2.05) is 48.5 Å². The molecule has 0 aromatic heterocycles. The molecule has 1 heterocycles. The van der Waals surface area contributed by atoms with Gasteiger partial charge in [-0.15, -0.1) is 24.9 Å². The van der Waals surface area contributed by atoms with Crippen LogP contribution in [0.1, 0.15) is 12.0 Å². The summed E-state index contributed by atoms with van der Waals surface area (Å²) in [4.78, 5) is 18.6. The molecular weight excluding hydrogens is 453 g/mol. The van der Waals surface area contributed by atoms with Crippen LogP contribution in [0.2, 0.25) is 0 Å². The fourth-order valence-corrected chi connectivity index (χ4v) is 4.56. The number of fused-ring (bicyclic) bond motifs is 1. The minimum atomic E-state index is -4.77. The summed E-state index contributed by atoms with van der Waals surface area (Å²) in [5, 5.41) is 2.48. The molecule has 3 aromatic rings. The minimum Gasteiger partial charge on any atom is -0.497 e. The standard InChI is InChI=1S/C24H19F3N2O3S/c1-31-17-10-6-15(7-11-17)23-21(33-20-5-3-2-4-19(20)29-23)14-22(30)28-16-8-12-18(13-9-16)32-24(25,26)27/h2-13,21H,14H2,1H3,(H,28,30). The Hall–Kier alpha value is -3.46. The summed E-state index contributed by atoms with van der Waals surface area (Å²) >= 11 is 1.55. The topological polar surface area (TPSA) is 59.9 Å². The molecule has 1 aliphatic rings. The summed E-state index contributed by atoms with van der Waals surface area (Å²) in [5.41, 5.74) is 2.86. The Morgan fingerprint density at radius 3 is 2.33 bits per heavy atom. The van der Waals surface area contributed by atoms with Crippen molar-refractivity contribution in [1.29, 1.82) is 0 Å². The van der Waals surface area contributed by atoms with Crippen LogP contribution in [0.5, 0.6) is 11.5 Å². The van der Waals surface area contributed by atoms with Gasteiger partial charge in [-0.3, -0.25) is 9.79 Å². The molecule has 1 atom stereocenters. The van der Waals surface area contributed by atoms with Gasteiger partial charge in [0.15, 0.2) is 0 Å². The number of halogens is 3. The Morgan fingerprint density at radius 2 is 1.67 bits per heavy atom. The number of hydrogen-bond acceptors (Lipinski definition) is 5. The molecule has 1 N–H and O–H groups in total. The molecule has 0 bridgehead atoms. The largest absolute Gasteiger partial charge is 0.573 e. The number of carbonyl (C=O) groups is 1. The predicted octanol–water partition coefficient (Wildman–Crippen LogP) is 6.22. The fourth-order valence-electron chi connectivity index (χ4n) is 3.33. The van der Waals surface area contributed by atoms with Gasteiger partial charge in [-0.1, -0.05) is 12.1 Å². The zero-order chi connectivity index (χ0) is 23.4. The first-order chi connectivity index (χ1) is 15.8. The third kappa shape index (κ3) is 5.87. The number of benzene rings is 3. The maximum atomic E-state index is 12.8. The predicted molar refractivity (Wildman–Crippen MR) is 122 cm³/mol. The van der Waals surface area contributed by atoms with Crippen molar-refractivity contribution in [2.75, 3.05) is 12.4 Å². The second kappa shape index (κ2) is 9.58. The summed E-state index contributed by atoms with van der Waals surface area (Å²) in [7, 11) is 1.59. The lowest BCUT2D eigenvalue weighted by molar-refractivity contribution is -0.274. The van der Waals surface area contributed by atoms with E-state index in [2.05, 4.69) is 10.1 Å². The third-order valence-corrected chi connectivity index (χ3v) is 6.08. The summed E-state index contributed by atoms with van der Waals surface area (Å²) < 4.78 is 46.1. The lowest BCUT2D eigenvalue weighted by atomic mass is 10.0. The van der Waals surface area contributed by atoms with E-state index in [9.17, 15) is 18.0 Å². The number of amides is 1. The van der Waals surface area contributed by atoms with Crippen molar-refractivity contribution in [2.24, 2.45) is 4.99 Å². The van der Waals surface area contributed by atoms with Crippen molar-refractivity contribution in [2.45, 2.75) is 22.9 Å². The van der Waals surface area contributed by atoms with E-state index < -0.39 is 6.36 Å². The lowest BCUT2D eigenvalue weighted by Crippen LogP contribution is -2.27. The molecular formula is C24H19F3N2O3S. The zero-order valence-corrected chi connectivity index (χ0v) is 18.2. The van der Waals surface area contributed by atoms with Crippen LogP contribution >= 0.6 is 11.8 Å². The Morgan fingerprint density at radius 1 is 1.00 bits per heavy atom. The number of aliphatic imine (C=N–C) groups is 1. The smallest absolute Gasteiger partial charge is 0.497 e. The molecule has 0 radical (unpaired) electrons. The number of hydrogen-bond donors (Lipinski definition) is 1. The summed E-state index contributed by atoms with van der Waals surface area (Å²) in [6.45, 7) is 0. The molecule has 0 aliphatic carbocycles. The van der Waals surface area contributed by atoms with E-state index >= 15 is 0 Å². The Kier molecular flexibility index (Phi) is 6.60. The number of thioether (sulfide) groups is 1. The first-order valence-corrected chi connectivity index (χ1v) is 10.8. The van der Waals surface area contributed by atoms with Gasteiger partial charge < -0.3 is 14.8 Å². The molecule has 1 unspecified atom stereocenters. The average Bonchev–Trinajstić information content (AvgIpc) is 2.79. The number of para-hydroxylation sites is 1. The monoisotopic (exact) mass is 472 g/mol. The number of nitrogens with one attached hydrogen (secondary N) is 1. The first kappa shape index (κ1) is 22.7. The number of nitrogens with zero attached hydrogens (tertiary/aromatic N) is 1. The molecule has 33 heavy (non-hydrogen) atoms. The van der Waals surface area contributed by atoms with Crippen LogP contribution in [0.15, 0.2) is 82.7 Å². The maximum absolute atomic E-state index is 12.8. The molecule has 4 rings (SSSR count). The highest BCUT2D eigenvalue weighted by atomic mass is 32.2. The van der Waals surface area contributed by atoms with Crippen LogP contribution < -0.4 is 14.8 Å². The van der Waals surface area contributed by atoms with Crippen LogP contribution in [0, 0.1) is 0 Å². The molecule has 0 saturated heterocycles. The second-order valence-electron chi connectivity index (χ2n) is 7.12. The van der Waals surface area contributed by atoms with E-state index in [1.165, 1.54) is 12.1 Å². The average molecular weight is 472 g/mol. The van der Waals surface area contributed by atoms with E-state index in [4.69, 9.17) is 9.73 Å². The molecule has 0 fully saturated rings. The maximum Gasteiger partial charge on any atom is 0.573 e. The molecule has 1 amide bonds. The van der Waals surface area contributed by atoms with Gasteiger partial charge in [-0.05, 0) is 66.2 Å². The van der Waals surface area contributed by atoms with Gasteiger partial charge in [0.1, 0.15) is 11.5 Å². The van der Waals surface area contributed by atoms with Gasteiger partial charge in [0.05, 0.1) is 23.8 Å². The lowest BCUT2D eigenvalue weighted by Gasteiger charge is -2.24. The van der Waals surface area contributed by atoms with Crippen molar-refractivity contribution in [3.05, 3.63) is 78.4 Å². The van der Waals surface area contributed by atoms with Crippen LogP contribution in [0.3, 0.4) is 0 Å². The van der Waals surface area contributed by atoms with Gasteiger partial charge in [-0.2, -0.15) is 0 Å². The highest BCUT2D eigenvalue weighted by Crippen LogP contribution is 2.40. The SMILES string of the molecule is COc1ccc(C2=Nc3ccccc3SC2CC(=O)Nc2ccc(OC(F)(F)F)cc2)cc1. The summed E-state index contributed by atoms with van der Waals surface area (Å²) in [5.74, 6) is 0.0851. The molecule has 1 aliphatic heterocycles. The number of alkyl halides is 3. The molecule has 3 aromatic carbocycles. The normalized spacial score (nSPS) is 15.3. The van der Waals surface area contributed by atoms with Crippen molar-refractivity contribution < 1.29 is 27.4 Å². The number of ether oxygens (including phenoxy) is 2. The second-order valence-corrected chi connectivity index (χ2v) is 8.37. The first-order valence-electron chi connectivity index (χ1n) is 9.95. The molecule has 170 valence electrons. The Labute approximate surface area is 192 Å². The zero-order valence-electron chi connectivity index (χ0n) is 17.4. The quantitative estimate of drug-likeness (QED) is 0.463. The van der Waals surface area contributed by atoms with Gasteiger partial charge in [0, 0.05) is 17.0 Å². The van der Waals surface area contributed by atoms with E-state index in [-0.39, 0.29) is 23.3 Å². The van der Waals surface area contributed by atoms with Crippen LogP contribution in [0.25, 0.3) is 0 Å². The fraction of sp³-hybridized carbons (Fsp3) is 0.167. The molecule has 0 saturated carbocycles. The van der Waals surface area contributed by atoms with Crippen molar-refractivity contribution in [1.82, 2.24) is 0 Å². The number of rotatable bonds is 6. The van der Waals surface area contributed by atoms with Gasteiger partial charge in [0.25, 0.3) is 0 Å². The molecule has 9 heteroatoms. The van der Waals surface area contributed by atoms with Crippen molar-refractivity contribution in [3.63, 3.8) is 0 Å². The highest BCUT2D eigenvalue weighted by molar-refractivity contribution is 8.01. The van der Waals surface area contributed by atoms with Crippen molar-refractivity contribution in [3.8, 4) is 11.5 Å². The highest BCUT2D eigenvalue weighted by Gasteiger charge is 2.31. The minimum absolute atomic E-state index is 0.130. The van der Waals surface area contributed by atoms with Gasteiger partial charge in [-0.25, -0.2) is 0 Å². The number of methoxy groups -OCH3 is 1.